The van der Waals surface area contributed by atoms with Crippen LogP contribution >= 0.6 is 11.6 Å². The van der Waals surface area contributed by atoms with Crippen molar-refractivity contribution >= 4 is 76.6 Å². The van der Waals surface area contributed by atoms with Crippen LogP contribution in [-0.2, 0) is 70.1 Å². The molecule has 7 rings (SSSR count). The number of hydrogen-bond donors (Lipinski definition) is 4. The van der Waals surface area contributed by atoms with Crippen molar-refractivity contribution in [2.45, 2.75) is 242 Å². The molecule has 29 heteroatoms. The van der Waals surface area contributed by atoms with Crippen LogP contribution in [0.15, 0.2) is 18.2 Å². The SMILES string of the molecule is CC(C)C[C@H]1C(=O)N[C@@H](COC2CC2)C(=O)N(C)[C@@H](C)C(=O)N2CC[C@H]2C(O)N(C)[C@@H](CC2CCCCC2)C(=O)N(C)CC(=O)N[C@@H](CCc2ccc(C(F)(F)F)c(Cl)c2)C(=O)N2CCC[C@H]2C(=O)NCCCCC(=O)N(C)[C@@H](C(C)C)C(=O)N(C)[C@H](C(=O)N2CCCCC2)CC(=O)N1C. The highest BCUT2D eigenvalue weighted by Gasteiger charge is 2.47. The number of rotatable bonds is 12. The van der Waals surface area contributed by atoms with Crippen LogP contribution in [0.2, 0.25) is 5.02 Å². The summed E-state index contributed by atoms with van der Waals surface area (Å²) in [6.07, 6.45) is 3.20. The Hall–Kier alpha value is -6.65. The lowest BCUT2D eigenvalue weighted by molar-refractivity contribution is -0.165. The molecule has 6 fully saturated rings. The Bertz CT molecular complexity index is 3060. The van der Waals surface area contributed by atoms with Crippen LogP contribution in [0.5, 0.6) is 0 Å². The number of benzene rings is 1. The lowest BCUT2D eigenvalue weighted by Crippen LogP contribution is -2.66. The highest BCUT2D eigenvalue weighted by Crippen LogP contribution is 2.36. The average Bonchev–Trinajstić information content (AvgIpc) is 0.935. The molecule has 4 saturated heterocycles. The van der Waals surface area contributed by atoms with E-state index in [2.05, 4.69) is 16.0 Å². The molecule has 1 aromatic carbocycles. The maximum atomic E-state index is 14.9. The predicted octanol–water partition coefficient (Wildman–Crippen LogP) is 4.81. The topological polar surface area (TPSA) is 282 Å². The summed E-state index contributed by atoms with van der Waals surface area (Å²) in [5.41, 5.74) is -0.719. The number of nitrogens with one attached hydrogen (secondary N) is 3. The third-order valence-corrected chi connectivity index (χ3v) is 21.5. The van der Waals surface area contributed by atoms with Gasteiger partial charge in [-0.1, -0.05) is 77.5 Å². The predicted molar refractivity (Wildman–Crippen MR) is 367 cm³/mol. The summed E-state index contributed by atoms with van der Waals surface area (Å²) in [5.74, 6) is -7.01. The molecule has 4 aliphatic heterocycles. The molecular weight excluding hydrogens is 1320 g/mol. The van der Waals surface area contributed by atoms with Crippen molar-refractivity contribution < 1.29 is 75.8 Å². The second kappa shape index (κ2) is 36.5. The summed E-state index contributed by atoms with van der Waals surface area (Å²) < 4.78 is 47.4. The van der Waals surface area contributed by atoms with Gasteiger partial charge in [0.2, 0.25) is 65.0 Å². The molecule has 0 bridgehead atoms. The first-order valence-corrected chi connectivity index (χ1v) is 36.5. The maximum Gasteiger partial charge on any atom is 0.417 e. The number of alkyl halides is 3. The lowest BCUT2D eigenvalue weighted by Gasteiger charge is -2.49. The van der Waals surface area contributed by atoms with E-state index in [-0.39, 0.29) is 82.7 Å². The summed E-state index contributed by atoms with van der Waals surface area (Å²) in [6, 6.07) is -7.12. The molecule has 0 aromatic heterocycles. The van der Waals surface area contributed by atoms with Gasteiger partial charge in [0.15, 0.2) is 0 Å². The fourth-order valence-electron chi connectivity index (χ4n) is 14.6. The van der Waals surface area contributed by atoms with Crippen molar-refractivity contribution in [2.24, 2.45) is 17.8 Å². The number of carbonyl (C=O) groups excluding carboxylic acids is 11. The molecule has 10 atom stereocenters. The van der Waals surface area contributed by atoms with Gasteiger partial charge in [-0.05, 0) is 139 Å². The quantitative estimate of drug-likeness (QED) is 0.219. The Morgan fingerprint density at radius 3 is 1.95 bits per heavy atom. The van der Waals surface area contributed by atoms with Crippen LogP contribution in [0.3, 0.4) is 0 Å². The van der Waals surface area contributed by atoms with E-state index in [1.807, 2.05) is 13.8 Å². The van der Waals surface area contributed by atoms with E-state index in [4.69, 9.17) is 16.3 Å². The summed E-state index contributed by atoms with van der Waals surface area (Å²) in [4.78, 5) is 173. The van der Waals surface area contributed by atoms with E-state index in [0.29, 0.717) is 57.2 Å². The molecule has 25 nitrogen and oxygen atoms in total. The van der Waals surface area contributed by atoms with Crippen molar-refractivity contribution in [3.63, 3.8) is 0 Å². The molecule has 1 aromatic rings. The number of aliphatic hydroxyl groups excluding tert-OH is 1. The van der Waals surface area contributed by atoms with Gasteiger partial charge in [-0.15, -0.1) is 0 Å². The third-order valence-electron chi connectivity index (χ3n) is 21.2. The molecule has 0 spiro atoms. The minimum Gasteiger partial charge on any atom is -0.376 e. The van der Waals surface area contributed by atoms with Crippen molar-refractivity contribution in [2.75, 3.05) is 88.2 Å². The van der Waals surface area contributed by atoms with Crippen LogP contribution in [0.1, 0.15) is 174 Å². The summed E-state index contributed by atoms with van der Waals surface area (Å²) in [6.45, 7) is 9.16. The molecule has 4 N–H and O–H groups in total. The van der Waals surface area contributed by atoms with E-state index < -0.39 is 161 Å². The number of ether oxygens (including phenoxy) is 1. The summed E-state index contributed by atoms with van der Waals surface area (Å²) >= 11 is 6.12. The Labute approximate surface area is 592 Å². The number of likely N-dealkylation sites (tertiary alicyclic amines) is 1. The van der Waals surface area contributed by atoms with Crippen molar-refractivity contribution in [1.29, 1.82) is 0 Å². The second-order valence-corrected chi connectivity index (χ2v) is 29.8. The van der Waals surface area contributed by atoms with Gasteiger partial charge in [0.05, 0.1) is 48.3 Å². The molecule has 4 heterocycles. The molecule has 2 saturated carbocycles. The smallest absolute Gasteiger partial charge is 0.376 e. The normalized spacial score (nSPS) is 28.3. The first-order valence-electron chi connectivity index (χ1n) is 36.2. The largest absolute Gasteiger partial charge is 0.417 e. The van der Waals surface area contributed by atoms with Gasteiger partial charge in [-0.2, -0.15) is 13.2 Å². The summed E-state index contributed by atoms with van der Waals surface area (Å²) in [5, 5.41) is 20.3. The molecule has 1 unspecified atom stereocenters. The number of likely N-dealkylation sites (N-methyl/N-ethyl adjacent to an activating group) is 6. The number of nitrogens with zero attached hydrogens (tertiary/aromatic N) is 9. The number of fused-ring (bicyclic) bond motifs is 2. The maximum absolute atomic E-state index is 14.9. The van der Waals surface area contributed by atoms with E-state index >= 15 is 0 Å². The van der Waals surface area contributed by atoms with Gasteiger partial charge in [0, 0.05) is 74.4 Å². The molecule has 6 aliphatic rings. The Kier molecular flexibility index (Phi) is 29.4. The number of halogens is 4. The van der Waals surface area contributed by atoms with Crippen LogP contribution in [0, 0.1) is 17.8 Å². The summed E-state index contributed by atoms with van der Waals surface area (Å²) in [7, 11) is 8.79. The second-order valence-electron chi connectivity index (χ2n) is 29.4. The van der Waals surface area contributed by atoms with Crippen molar-refractivity contribution in [1.82, 2.24) is 60.0 Å². The van der Waals surface area contributed by atoms with Gasteiger partial charge in [0.1, 0.15) is 48.5 Å². The standard InChI is InChI=1S/C71H110ClF3N12O13/c1-43(2)37-55-63(92)78-52(42-100-48-27-28-48)65(94)80(7)45(5)64(93)87-36-31-54(87)68(97)82(9)56(39-46-21-14-12-15-22-46)67(96)79(6)41-58(88)77-51(30-26-47-25-29-49(50(72)38-47)71(73,74)75)66(95)86-35-20-23-53(86)62(91)76-32-17-16-24-59(89)84(11)61(44(3)4)70(99)83(10)57(40-60(90)81(55)8)69(98)85-33-18-13-19-34-85/h25,29,38,43-46,48,51-57,61,68,97H,12-24,26-28,30-37,39-42H2,1-11H3,(H,76,91)(H,77,88)(H,78,92)/t45-,51-,52-,53-,54-,55-,56-,57-,61-,68?/m0/s1. The monoisotopic (exact) mass is 1430 g/mol. The van der Waals surface area contributed by atoms with Crippen LogP contribution in [-0.4, -0.2) is 269 Å². The number of aryl methyl sites for hydroxylation is 1. The third kappa shape index (κ3) is 21.0. The van der Waals surface area contributed by atoms with Crippen LogP contribution < -0.4 is 16.0 Å². The Morgan fingerprint density at radius 2 is 1.34 bits per heavy atom. The lowest BCUT2D eigenvalue weighted by atomic mass is 9.84. The van der Waals surface area contributed by atoms with Crippen LogP contribution in [0.25, 0.3) is 0 Å². The van der Waals surface area contributed by atoms with Crippen molar-refractivity contribution in [3.05, 3.63) is 34.3 Å². The molecular formula is C71H110ClF3N12O13. The zero-order valence-corrected chi connectivity index (χ0v) is 61.3. The fraction of sp³-hybridized carbons (Fsp3) is 0.761. The molecule has 100 heavy (non-hydrogen) atoms. The minimum atomic E-state index is -4.73. The molecule has 11 amide bonds. The van der Waals surface area contributed by atoms with Crippen LogP contribution in [0.4, 0.5) is 13.2 Å². The number of carbonyl (C=O) groups is 11. The first kappa shape index (κ1) is 80.7. The molecule has 0 radical (unpaired) electrons. The van der Waals surface area contributed by atoms with Gasteiger partial charge in [-0.3, -0.25) is 57.6 Å². The van der Waals surface area contributed by atoms with E-state index in [9.17, 15) is 71.0 Å². The minimum absolute atomic E-state index is 0.0340. The number of aliphatic hydroxyl groups is 1. The van der Waals surface area contributed by atoms with E-state index in [0.717, 1.165) is 63.5 Å². The Balaban J connectivity index is 1.20. The highest BCUT2D eigenvalue weighted by atomic mass is 35.5. The van der Waals surface area contributed by atoms with Gasteiger partial charge < -0.3 is 65.0 Å². The van der Waals surface area contributed by atoms with Gasteiger partial charge >= 0.3 is 6.18 Å². The number of hydrogen-bond acceptors (Lipinski definition) is 14. The number of amides is 11. The first-order chi connectivity index (χ1) is 47.2. The fourth-order valence-corrected chi connectivity index (χ4v) is 14.9. The van der Waals surface area contributed by atoms with E-state index in [1.54, 1.807) is 25.8 Å². The zero-order chi connectivity index (χ0) is 73.6. The molecule has 2 aliphatic carbocycles. The Morgan fingerprint density at radius 1 is 0.670 bits per heavy atom. The van der Waals surface area contributed by atoms with Gasteiger partial charge in [0.25, 0.3) is 0 Å². The number of piperidine rings is 1. The zero-order valence-electron chi connectivity index (χ0n) is 60.5. The van der Waals surface area contributed by atoms with Crippen molar-refractivity contribution in [3.8, 4) is 0 Å². The van der Waals surface area contributed by atoms with E-state index in [1.165, 1.54) is 87.4 Å². The highest BCUT2D eigenvalue weighted by molar-refractivity contribution is 6.31. The average molecular weight is 1430 g/mol. The van der Waals surface area contributed by atoms with Gasteiger partial charge in [-0.25, -0.2) is 0 Å². The molecule has 560 valence electrons.